The number of Topliss-reactive ketones (excluding diaryl/α,β-unsaturated/α-hetero) is 1. The Balaban J connectivity index is 1.81. The van der Waals surface area contributed by atoms with Crippen LogP contribution in [0.2, 0.25) is 0 Å². The lowest BCUT2D eigenvalue weighted by atomic mass is 10.1. The molecular formula is C23H10Br5N3O6. The molecule has 0 aliphatic carbocycles. The number of nitro benzene ring substituents is 1. The first kappa shape index (κ1) is 27.8. The second-order valence-electron chi connectivity index (χ2n) is 7.52. The molecule has 0 spiro atoms. The minimum absolute atomic E-state index is 0.00969. The molecule has 0 bridgehead atoms. The molecule has 1 aliphatic rings. The SMILES string of the molecule is O=C(CN(C(=O)c1ccc([N+](=O)[O-])cc1)N1C(=O)c2c(Br)c(Br)c(Br)c(Br)c2C1=O)c1ccc(Br)cc1. The number of nitro groups is 1. The van der Waals surface area contributed by atoms with Crippen molar-refractivity contribution >= 4 is 109 Å². The second-order valence-corrected chi connectivity index (χ2v) is 11.6. The predicted octanol–water partition coefficient (Wildman–Crippen LogP) is 6.94. The number of hydrogen-bond acceptors (Lipinski definition) is 6. The molecule has 9 nitrogen and oxygen atoms in total. The average molecular weight is 824 g/mol. The van der Waals surface area contributed by atoms with Crippen molar-refractivity contribution in [1.82, 2.24) is 10.0 Å². The van der Waals surface area contributed by atoms with E-state index in [0.29, 0.717) is 14.0 Å². The average Bonchev–Trinajstić information content (AvgIpc) is 3.14. The van der Waals surface area contributed by atoms with Crippen LogP contribution in [0.15, 0.2) is 70.9 Å². The lowest BCUT2D eigenvalue weighted by Gasteiger charge is -2.29. The normalized spacial score (nSPS) is 12.5. The maximum Gasteiger partial charge on any atom is 0.282 e. The van der Waals surface area contributed by atoms with Gasteiger partial charge in [-0.1, -0.05) is 28.1 Å². The largest absolute Gasteiger partial charge is 0.292 e. The summed E-state index contributed by atoms with van der Waals surface area (Å²) in [6.45, 7) is -0.652. The molecule has 37 heavy (non-hydrogen) atoms. The Hall–Kier alpha value is -2.26. The third kappa shape index (κ3) is 5.09. The van der Waals surface area contributed by atoms with E-state index in [1.165, 1.54) is 24.3 Å². The van der Waals surface area contributed by atoms with Crippen molar-refractivity contribution in [3.8, 4) is 0 Å². The standard InChI is InChI=1S/C23H10Br5N3O6/c24-12-5-1-10(2-6-12)14(32)9-29(21(33)11-3-7-13(8-4-11)31(36)37)30-22(34)15-16(23(30)35)18(26)20(28)19(27)17(15)25/h1-8H,9H2. The van der Waals surface area contributed by atoms with Crippen molar-refractivity contribution in [3.05, 3.63) is 103 Å². The van der Waals surface area contributed by atoms with Crippen molar-refractivity contribution < 1.29 is 24.1 Å². The second kappa shape index (κ2) is 10.8. The molecule has 0 saturated heterocycles. The van der Waals surface area contributed by atoms with Crippen LogP contribution < -0.4 is 0 Å². The number of amides is 3. The zero-order valence-corrected chi connectivity index (χ0v) is 25.9. The van der Waals surface area contributed by atoms with Crippen LogP contribution in [-0.4, -0.2) is 45.0 Å². The van der Waals surface area contributed by atoms with Crippen molar-refractivity contribution in [2.24, 2.45) is 0 Å². The molecule has 14 heteroatoms. The molecule has 3 aromatic carbocycles. The number of carbonyl (C=O) groups is 4. The van der Waals surface area contributed by atoms with Gasteiger partial charge in [0.2, 0.25) is 0 Å². The first-order valence-corrected chi connectivity index (χ1v) is 14.0. The Labute approximate surface area is 250 Å². The predicted molar refractivity (Wildman–Crippen MR) is 150 cm³/mol. The van der Waals surface area contributed by atoms with E-state index in [9.17, 15) is 29.3 Å². The number of fused-ring (bicyclic) bond motifs is 1. The number of hydrogen-bond donors (Lipinski definition) is 0. The van der Waals surface area contributed by atoms with Crippen LogP contribution in [0.3, 0.4) is 0 Å². The van der Waals surface area contributed by atoms with E-state index < -0.39 is 35.0 Å². The Bertz CT molecular complexity index is 1460. The highest BCUT2D eigenvalue weighted by molar-refractivity contribution is 9.15. The lowest BCUT2D eigenvalue weighted by Crippen LogP contribution is -2.51. The van der Waals surface area contributed by atoms with Gasteiger partial charge in [0.1, 0.15) is 6.54 Å². The van der Waals surface area contributed by atoms with Gasteiger partial charge in [0.25, 0.3) is 23.4 Å². The topological polar surface area (TPSA) is 118 Å². The first-order chi connectivity index (χ1) is 17.4. The molecule has 0 unspecified atom stereocenters. The summed E-state index contributed by atoms with van der Waals surface area (Å²) in [7, 11) is 0. The zero-order valence-electron chi connectivity index (χ0n) is 18.0. The number of rotatable bonds is 6. The van der Waals surface area contributed by atoms with Gasteiger partial charge in [-0.15, -0.1) is 0 Å². The van der Waals surface area contributed by atoms with Crippen LogP contribution in [0.4, 0.5) is 5.69 Å². The third-order valence-electron chi connectivity index (χ3n) is 5.34. The van der Waals surface area contributed by atoms with Gasteiger partial charge in [-0.3, -0.25) is 29.3 Å². The van der Waals surface area contributed by atoms with E-state index in [1.54, 1.807) is 12.1 Å². The highest BCUT2D eigenvalue weighted by Crippen LogP contribution is 2.45. The summed E-state index contributed by atoms with van der Waals surface area (Å²) in [5.41, 5.74) is -0.0909. The molecule has 0 radical (unpaired) electrons. The molecule has 0 N–H and O–H groups in total. The smallest absolute Gasteiger partial charge is 0.282 e. The minimum Gasteiger partial charge on any atom is -0.292 e. The number of halogens is 5. The lowest BCUT2D eigenvalue weighted by molar-refractivity contribution is -0.384. The van der Waals surface area contributed by atoms with E-state index in [1.807, 2.05) is 0 Å². The van der Waals surface area contributed by atoms with E-state index in [4.69, 9.17) is 0 Å². The first-order valence-electron chi connectivity index (χ1n) is 10.0. The van der Waals surface area contributed by atoms with Gasteiger partial charge < -0.3 is 0 Å². The van der Waals surface area contributed by atoms with Gasteiger partial charge in [-0.05, 0) is 88.0 Å². The van der Waals surface area contributed by atoms with Gasteiger partial charge >= 0.3 is 0 Å². The summed E-state index contributed by atoms with van der Waals surface area (Å²) in [5.74, 6) is -3.08. The summed E-state index contributed by atoms with van der Waals surface area (Å²) >= 11 is 16.6. The van der Waals surface area contributed by atoms with Crippen LogP contribution in [0.25, 0.3) is 0 Å². The van der Waals surface area contributed by atoms with Crippen LogP contribution in [-0.2, 0) is 0 Å². The number of benzene rings is 3. The van der Waals surface area contributed by atoms with Gasteiger partial charge in [0.05, 0.1) is 16.1 Å². The van der Waals surface area contributed by atoms with Crippen molar-refractivity contribution in [2.75, 3.05) is 6.54 Å². The van der Waals surface area contributed by atoms with Crippen LogP contribution in [0, 0.1) is 10.1 Å². The maximum absolute atomic E-state index is 13.6. The van der Waals surface area contributed by atoms with Crippen molar-refractivity contribution in [2.45, 2.75) is 0 Å². The van der Waals surface area contributed by atoms with Crippen LogP contribution in [0.1, 0.15) is 41.4 Å². The fourth-order valence-electron chi connectivity index (χ4n) is 3.53. The molecule has 3 amide bonds. The fourth-order valence-corrected chi connectivity index (χ4v) is 6.25. The highest BCUT2D eigenvalue weighted by atomic mass is 79.9. The summed E-state index contributed by atoms with van der Waals surface area (Å²) in [5, 5.41) is 12.4. The van der Waals surface area contributed by atoms with Gasteiger partial charge in [0.15, 0.2) is 5.78 Å². The molecule has 0 aromatic heterocycles. The van der Waals surface area contributed by atoms with E-state index in [-0.39, 0.29) is 36.9 Å². The van der Waals surface area contributed by atoms with E-state index >= 15 is 0 Å². The number of ketones is 1. The fraction of sp³-hybridized carbons (Fsp3) is 0.0435. The highest BCUT2D eigenvalue weighted by Gasteiger charge is 2.46. The van der Waals surface area contributed by atoms with Gasteiger partial charge in [0, 0.05) is 45.6 Å². The molecule has 188 valence electrons. The molecule has 1 aliphatic heterocycles. The summed E-state index contributed by atoms with van der Waals surface area (Å²) in [6.07, 6.45) is 0. The number of hydrazine groups is 1. The Kier molecular flexibility index (Phi) is 8.14. The Morgan fingerprint density at radius 2 is 1.22 bits per heavy atom. The third-order valence-corrected chi connectivity index (χ3v) is 10.6. The Morgan fingerprint density at radius 3 is 1.68 bits per heavy atom. The number of non-ortho nitro benzene ring substituents is 1. The molecule has 0 atom stereocenters. The number of nitrogens with zero attached hydrogens (tertiary/aromatic N) is 3. The van der Waals surface area contributed by atoms with Crippen LogP contribution >= 0.6 is 79.6 Å². The summed E-state index contributed by atoms with van der Waals surface area (Å²) in [6, 6.07) is 11.0. The van der Waals surface area contributed by atoms with E-state index in [0.717, 1.165) is 21.6 Å². The van der Waals surface area contributed by atoms with Gasteiger partial charge in [-0.2, -0.15) is 5.01 Å². The van der Waals surface area contributed by atoms with Crippen LogP contribution in [0.5, 0.6) is 0 Å². The summed E-state index contributed by atoms with van der Waals surface area (Å²) < 4.78 is 2.20. The maximum atomic E-state index is 13.6. The molecule has 3 aromatic rings. The Morgan fingerprint density at radius 1 is 0.757 bits per heavy atom. The van der Waals surface area contributed by atoms with Crippen molar-refractivity contribution in [1.29, 1.82) is 0 Å². The summed E-state index contributed by atoms with van der Waals surface area (Å²) in [4.78, 5) is 64.2. The monoisotopic (exact) mass is 819 g/mol. The van der Waals surface area contributed by atoms with E-state index in [2.05, 4.69) is 79.6 Å². The molecular weight excluding hydrogens is 814 g/mol. The molecule has 0 saturated carbocycles. The molecule has 4 rings (SSSR count). The minimum atomic E-state index is -0.875. The van der Waals surface area contributed by atoms with Gasteiger partial charge in [-0.25, -0.2) is 5.01 Å². The quantitative estimate of drug-likeness (QED) is 0.0664. The zero-order chi connectivity index (χ0) is 27.2. The molecule has 0 fully saturated rings. The molecule has 1 heterocycles. The van der Waals surface area contributed by atoms with Crippen molar-refractivity contribution in [3.63, 3.8) is 0 Å². The number of imide groups is 1. The number of carbonyl (C=O) groups excluding carboxylic acids is 4.